The molecule has 0 aliphatic carbocycles. The van der Waals surface area contributed by atoms with Gasteiger partial charge in [0.1, 0.15) is 11.5 Å². The second-order valence-electron chi connectivity index (χ2n) is 5.06. The molecule has 4 N–H and O–H groups in total. The largest absolute Gasteiger partial charge is 0.457 e. The van der Waals surface area contributed by atoms with Crippen LogP contribution in [-0.4, -0.2) is 8.42 Å². The van der Waals surface area contributed by atoms with Crippen molar-refractivity contribution < 1.29 is 13.2 Å². The van der Waals surface area contributed by atoms with Crippen molar-refractivity contribution in [2.24, 2.45) is 5.14 Å². The molecule has 2 aromatic carbocycles. The third-order valence-corrected chi connectivity index (χ3v) is 4.24. The zero-order chi connectivity index (χ0) is 15.8. The SMILES string of the molecule is Cc1ccc(C)c(Oc2cc(N)cc(S(N)(=O)=O)c2C)c1. The van der Waals surface area contributed by atoms with E-state index < -0.39 is 10.0 Å². The van der Waals surface area contributed by atoms with Gasteiger partial charge in [-0.25, -0.2) is 13.6 Å². The maximum atomic E-state index is 11.6. The van der Waals surface area contributed by atoms with Crippen molar-refractivity contribution in [3.63, 3.8) is 0 Å². The van der Waals surface area contributed by atoms with Crippen LogP contribution in [0.1, 0.15) is 16.7 Å². The average molecular weight is 306 g/mol. The molecule has 0 heterocycles. The number of aryl methyl sites for hydroxylation is 2. The summed E-state index contributed by atoms with van der Waals surface area (Å²) in [6, 6.07) is 8.72. The molecule has 6 heteroatoms. The minimum Gasteiger partial charge on any atom is -0.457 e. The number of sulfonamides is 1. The van der Waals surface area contributed by atoms with Crippen molar-refractivity contribution in [3.8, 4) is 11.5 Å². The highest BCUT2D eigenvalue weighted by Gasteiger charge is 2.17. The second kappa shape index (κ2) is 5.38. The summed E-state index contributed by atoms with van der Waals surface area (Å²) in [5.41, 5.74) is 8.46. The minimum atomic E-state index is -3.85. The zero-order valence-corrected chi connectivity index (χ0v) is 13.0. The van der Waals surface area contributed by atoms with E-state index in [0.717, 1.165) is 11.1 Å². The molecule has 0 bridgehead atoms. The summed E-state index contributed by atoms with van der Waals surface area (Å²) in [6.45, 7) is 5.50. The molecule has 0 aliphatic heterocycles. The number of benzene rings is 2. The van der Waals surface area contributed by atoms with Gasteiger partial charge in [-0.15, -0.1) is 0 Å². The zero-order valence-electron chi connectivity index (χ0n) is 12.2. The molecule has 0 fully saturated rings. The van der Waals surface area contributed by atoms with Crippen LogP contribution in [0.25, 0.3) is 0 Å². The normalized spacial score (nSPS) is 11.4. The van der Waals surface area contributed by atoms with E-state index in [9.17, 15) is 8.42 Å². The second-order valence-corrected chi connectivity index (χ2v) is 6.59. The molecule has 5 nitrogen and oxygen atoms in total. The van der Waals surface area contributed by atoms with Gasteiger partial charge < -0.3 is 10.5 Å². The standard InChI is InChI=1S/C15H18N2O3S/c1-9-4-5-10(2)13(6-9)20-14-7-12(16)8-15(11(14)3)21(17,18)19/h4-8H,16H2,1-3H3,(H2,17,18,19). The molecule has 112 valence electrons. The smallest absolute Gasteiger partial charge is 0.238 e. The van der Waals surface area contributed by atoms with Gasteiger partial charge in [0.2, 0.25) is 10.0 Å². The number of hydrogen-bond donors (Lipinski definition) is 2. The lowest BCUT2D eigenvalue weighted by molar-refractivity contribution is 0.472. The van der Waals surface area contributed by atoms with Crippen molar-refractivity contribution >= 4 is 15.7 Å². The predicted molar refractivity (Wildman–Crippen MR) is 83.0 cm³/mol. The monoisotopic (exact) mass is 306 g/mol. The molecule has 0 aromatic heterocycles. The van der Waals surface area contributed by atoms with Gasteiger partial charge in [-0.05, 0) is 44.0 Å². The summed E-state index contributed by atoms with van der Waals surface area (Å²) in [5.74, 6) is 1.04. The summed E-state index contributed by atoms with van der Waals surface area (Å²) in [5, 5.41) is 5.20. The Kier molecular flexibility index (Phi) is 3.93. The minimum absolute atomic E-state index is 0.0252. The van der Waals surface area contributed by atoms with Gasteiger partial charge in [0, 0.05) is 17.3 Å². The number of primary sulfonamides is 1. The van der Waals surface area contributed by atoms with E-state index in [4.69, 9.17) is 15.6 Å². The van der Waals surface area contributed by atoms with E-state index in [-0.39, 0.29) is 10.6 Å². The molecule has 2 aromatic rings. The van der Waals surface area contributed by atoms with Crippen LogP contribution < -0.4 is 15.6 Å². The first-order chi connectivity index (χ1) is 9.68. The number of hydrogen-bond acceptors (Lipinski definition) is 4. The molecule has 2 rings (SSSR count). The highest BCUT2D eigenvalue weighted by Crippen LogP contribution is 2.33. The van der Waals surface area contributed by atoms with Crippen molar-refractivity contribution in [2.75, 3.05) is 5.73 Å². The van der Waals surface area contributed by atoms with Crippen LogP contribution >= 0.6 is 0 Å². The maximum absolute atomic E-state index is 11.6. The lowest BCUT2D eigenvalue weighted by Gasteiger charge is -2.14. The van der Waals surface area contributed by atoms with Gasteiger partial charge in [0.25, 0.3) is 0 Å². The van der Waals surface area contributed by atoms with Gasteiger partial charge in [-0.1, -0.05) is 12.1 Å². The van der Waals surface area contributed by atoms with Gasteiger partial charge >= 0.3 is 0 Å². The molecule has 0 saturated heterocycles. The quantitative estimate of drug-likeness (QED) is 0.852. The topological polar surface area (TPSA) is 95.4 Å². The lowest BCUT2D eigenvalue weighted by atomic mass is 10.1. The Morgan fingerprint density at radius 2 is 1.67 bits per heavy atom. The van der Waals surface area contributed by atoms with Crippen LogP contribution in [0.3, 0.4) is 0 Å². The molecular weight excluding hydrogens is 288 g/mol. The number of ether oxygens (including phenoxy) is 1. The lowest BCUT2D eigenvalue weighted by Crippen LogP contribution is -2.14. The Morgan fingerprint density at radius 1 is 1.00 bits per heavy atom. The van der Waals surface area contributed by atoms with Gasteiger partial charge in [-0.2, -0.15) is 0 Å². The molecule has 0 spiro atoms. The summed E-state index contributed by atoms with van der Waals surface area (Å²) in [4.78, 5) is -0.0252. The summed E-state index contributed by atoms with van der Waals surface area (Å²) in [6.07, 6.45) is 0. The summed E-state index contributed by atoms with van der Waals surface area (Å²) < 4.78 is 29.0. The third kappa shape index (κ3) is 3.34. The first-order valence-electron chi connectivity index (χ1n) is 6.36. The molecule has 0 unspecified atom stereocenters. The summed E-state index contributed by atoms with van der Waals surface area (Å²) in [7, 11) is -3.85. The molecule has 0 radical (unpaired) electrons. The van der Waals surface area contributed by atoms with Gasteiger partial charge in [0.05, 0.1) is 4.90 Å². The molecule has 0 amide bonds. The fraction of sp³-hybridized carbons (Fsp3) is 0.200. The molecule has 0 saturated carbocycles. The van der Waals surface area contributed by atoms with Crippen molar-refractivity contribution in [1.29, 1.82) is 0 Å². The van der Waals surface area contributed by atoms with Crippen molar-refractivity contribution in [1.82, 2.24) is 0 Å². The van der Waals surface area contributed by atoms with E-state index in [0.29, 0.717) is 17.1 Å². The fourth-order valence-corrected chi connectivity index (χ4v) is 2.85. The molecule has 0 aliphatic rings. The first kappa shape index (κ1) is 15.3. The Balaban J connectivity index is 2.55. The van der Waals surface area contributed by atoms with E-state index >= 15 is 0 Å². The molecular formula is C15H18N2O3S. The molecule has 21 heavy (non-hydrogen) atoms. The van der Waals surface area contributed by atoms with Crippen LogP contribution in [0.5, 0.6) is 11.5 Å². The fourth-order valence-electron chi connectivity index (χ4n) is 2.02. The predicted octanol–water partition coefficient (Wildman–Crippen LogP) is 2.63. The maximum Gasteiger partial charge on any atom is 0.238 e. The third-order valence-electron chi connectivity index (χ3n) is 3.20. The number of nitrogen functional groups attached to an aromatic ring is 1. The van der Waals surface area contributed by atoms with Crippen LogP contribution in [-0.2, 0) is 10.0 Å². The summed E-state index contributed by atoms with van der Waals surface area (Å²) >= 11 is 0. The van der Waals surface area contributed by atoms with Gasteiger partial charge in [-0.3, -0.25) is 0 Å². The van der Waals surface area contributed by atoms with Crippen molar-refractivity contribution in [3.05, 3.63) is 47.0 Å². The Labute approximate surface area is 124 Å². The van der Waals surface area contributed by atoms with Crippen LogP contribution in [0.2, 0.25) is 0 Å². The van der Waals surface area contributed by atoms with E-state index in [1.165, 1.54) is 6.07 Å². The van der Waals surface area contributed by atoms with Crippen LogP contribution in [0.4, 0.5) is 5.69 Å². The van der Waals surface area contributed by atoms with Crippen LogP contribution in [0.15, 0.2) is 35.2 Å². The van der Waals surface area contributed by atoms with Crippen LogP contribution in [0, 0.1) is 20.8 Å². The van der Waals surface area contributed by atoms with Gasteiger partial charge in [0.15, 0.2) is 0 Å². The van der Waals surface area contributed by atoms with E-state index in [1.807, 2.05) is 32.0 Å². The Morgan fingerprint density at radius 3 is 2.29 bits per heavy atom. The number of anilines is 1. The van der Waals surface area contributed by atoms with E-state index in [2.05, 4.69) is 0 Å². The highest BCUT2D eigenvalue weighted by molar-refractivity contribution is 7.89. The average Bonchev–Trinajstić information content (AvgIpc) is 2.36. The first-order valence-corrected chi connectivity index (χ1v) is 7.91. The number of rotatable bonds is 3. The molecule has 0 atom stereocenters. The Bertz CT molecular complexity index is 799. The highest BCUT2D eigenvalue weighted by atomic mass is 32.2. The number of nitrogens with two attached hydrogens (primary N) is 2. The van der Waals surface area contributed by atoms with Crippen molar-refractivity contribution in [2.45, 2.75) is 25.7 Å². The van der Waals surface area contributed by atoms with E-state index in [1.54, 1.807) is 13.0 Å². The Hall–Kier alpha value is -2.05.